The van der Waals surface area contributed by atoms with E-state index in [1.165, 1.54) is 16.3 Å². The average molecular weight is 367 g/mol. The quantitative estimate of drug-likeness (QED) is 0.740. The third kappa shape index (κ3) is 4.11. The van der Waals surface area contributed by atoms with Crippen molar-refractivity contribution >= 4 is 16.9 Å². The first-order valence-electron chi connectivity index (χ1n) is 10.00. The summed E-state index contributed by atoms with van der Waals surface area (Å²) in [6.45, 7) is 6.39. The van der Waals surface area contributed by atoms with Crippen molar-refractivity contribution in [3.8, 4) is 0 Å². The standard InChI is InChI=1S/C23H29NO3/c1-23(2,3)27-22(25)24-19-10-11-20(24)14-21(13-19)26-15-16-8-9-17-6-4-5-7-18(17)12-16/h4-9,12,19-21H,10-11,13-15H2,1-3H3/t19-,20+,21+. The number of hydrogen-bond acceptors (Lipinski definition) is 3. The van der Waals surface area contributed by atoms with Crippen molar-refractivity contribution in [2.24, 2.45) is 0 Å². The van der Waals surface area contributed by atoms with Crippen LogP contribution >= 0.6 is 0 Å². The number of nitrogens with zero attached hydrogens (tertiary/aromatic N) is 1. The Bertz CT molecular complexity index is 812. The molecule has 4 heteroatoms. The van der Waals surface area contributed by atoms with Crippen LogP contribution in [-0.4, -0.2) is 34.8 Å². The Morgan fingerprint density at radius 1 is 1.04 bits per heavy atom. The molecule has 0 unspecified atom stereocenters. The minimum Gasteiger partial charge on any atom is -0.444 e. The van der Waals surface area contributed by atoms with Crippen LogP contribution in [0.25, 0.3) is 10.8 Å². The summed E-state index contributed by atoms with van der Waals surface area (Å²) in [5, 5.41) is 2.50. The number of benzene rings is 2. The number of amides is 1. The smallest absolute Gasteiger partial charge is 0.410 e. The maximum atomic E-state index is 12.5. The topological polar surface area (TPSA) is 38.8 Å². The molecule has 27 heavy (non-hydrogen) atoms. The average Bonchev–Trinajstić information content (AvgIpc) is 2.89. The monoisotopic (exact) mass is 367 g/mol. The lowest BCUT2D eigenvalue weighted by atomic mass is 10.00. The fourth-order valence-electron chi connectivity index (χ4n) is 4.42. The number of carbonyl (C=O) groups is 1. The molecule has 3 atom stereocenters. The number of ether oxygens (including phenoxy) is 2. The van der Waals surface area contributed by atoms with Gasteiger partial charge in [-0.25, -0.2) is 4.79 Å². The van der Waals surface area contributed by atoms with Crippen LogP contribution in [0.2, 0.25) is 0 Å². The van der Waals surface area contributed by atoms with E-state index in [9.17, 15) is 4.79 Å². The third-order valence-corrected chi connectivity index (χ3v) is 5.59. The molecule has 2 aliphatic heterocycles. The van der Waals surface area contributed by atoms with Gasteiger partial charge in [0.1, 0.15) is 5.60 Å². The first kappa shape index (κ1) is 18.3. The molecule has 2 bridgehead atoms. The van der Waals surface area contributed by atoms with Gasteiger partial charge in [-0.05, 0) is 68.9 Å². The van der Waals surface area contributed by atoms with E-state index in [4.69, 9.17) is 9.47 Å². The maximum absolute atomic E-state index is 12.5. The number of hydrogen-bond donors (Lipinski definition) is 0. The molecule has 0 aromatic heterocycles. The van der Waals surface area contributed by atoms with Crippen LogP contribution in [0.15, 0.2) is 42.5 Å². The second-order valence-electron chi connectivity index (χ2n) is 8.86. The Morgan fingerprint density at radius 3 is 2.37 bits per heavy atom. The molecule has 0 saturated carbocycles. The molecule has 144 valence electrons. The highest BCUT2D eigenvalue weighted by atomic mass is 16.6. The molecule has 0 aliphatic carbocycles. The van der Waals surface area contributed by atoms with Gasteiger partial charge in [-0.2, -0.15) is 0 Å². The molecule has 2 fully saturated rings. The summed E-state index contributed by atoms with van der Waals surface area (Å²) in [5.41, 5.74) is 0.760. The van der Waals surface area contributed by atoms with Crippen molar-refractivity contribution in [2.45, 2.75) is 76.9 Å². The van der Waals surface area contributed by atoms with Crippen LogP contribution < -0.4 is 0 Å². The van der Waals surface area contributed by atoms with E-state index in [0.717, 1.165) is 25.7 Å². The molecule has 4 nitrogen and oxygen atoms in total. The van der Waals surface area contributed by atoms with Crippen LogP contribution in [0.1, 0.15) is 52.0 Å². The molecule has 4 rings (SSSR count). The summed E-state index contributed by atoms with van der Waals surface area (Å²) in [5.74, 6) is 0. The molecule has 2 aromatic carbocycles. The van der Waals surface area contributed by atoms with Crippen LogP contribution in [0, 0.1) is 0 Å². The van der Waals surface area contributed by atoms with Gasteiger partial charge in [-0.1, -0.05) is 36.4 Å². The Kier molecular flexibility index (Phi) is 4.85. The predicted molar refractivity (Wildman–Crippen MR) is 107 cm³/mol. The van der Waals surface area contributed by atoms with E-state index in [1.54, 1.807) is 0 Å². The number of rotatable bonds is 3. The summed E-state index contributed by atoms with van der Waals surface area (Å²) in [6, 6.07) is 15.4. The van der Waals surface area contributed by atoms with E-state index in [-0.39, 0.29) is 24.3 Å². The lowest BCUT2D eigenvalue weighted by Crippen LogP contribution is -2.50. The summed E-state index contributed by atoms with van der Waals surface area (Å²) in [6.07, 6.45) is 3.97. The highest BCUT2D eigenvalue weighted by molar-refractivity contribution is 5.82. The lowest BCUT2D eigenvalue weighted by Gasteiger charge is -2.39. The van der Waals surface area contributed by atoms with Crippen molar-refractivity contribution in [2.75, 3.05) is 0 Å². The minimum atomic E-state index is -0.444. The van der Waals surface area contributed by atoms with Crippen LogP contribution in [0.4, 0.5) is 4.79 Å². The van der Waals surface area contributed by atoms with E-state index >= 15 is 0 Å². The highest BCUT2D eigenvalue weighted by Crippen LogP contribution is 2.38. The Hall–Kier alpha value is -2.07. The molecule has 0 radical (unpaired) electrons. The van der Waals surface area contributed by atoms with Gasteiger partial charge in [0.15, 0.2) is 0 Å². The largest absolute Gasteiger partial charge is 0.444 e. The molecule has 2 aromatic rings. The molecule has 2 aliphatic rings. The zero-order valence-electron chi connectivity index (χ0n) is 16.5. The van der Waals surface area contributed by atoms with Gasteiger partial charge in [0, 0.05) is 12.1 Å². The Morgan fingerprint density at radius 2 is 1.70 bits per heavy atom. The molecule has 1 amide bonds. The van der Waals surface area contributed by atoms with Crippen molar-refractivity contribution < 1.29 is 14.3 Å². The fraction of sp³-hybridized carbons (Fsp3) is 0.522. The van der Waals surface area contributed by atoms with Crippen molar-refractivity contribution in [3.05, 3.63) is 48.0 Å². The van der Waals surface area contributed by atoms with Gasteiger partial charge < -0.3 is 14.4 Å². The zero-order chi connectivity index (χ0) is 19.0. The zero-order valence-corrected chi connectivity index (χ0v) is 16.5. The SMILES string of the molecule is CC(C)(C)OC(=O)N1[C@@H]2CC[C@H]1C[C@@H](OCc1ccc3ccccc3c1)C2. The van der Waals surface area contributed by atoms with E-state index in [0.29, 0.717) is 6.61 Å². The van der Waals surface area contributed by atoms with Gasteiger partial charge in [-0.15, -0.1) is 0 Å². The number of carbonyl (C=O) groups excluding carboxylic acids is 1. The van der Waals surface area contributed by atoms with Gasteiger partial charge in [0.05, 0.1) is 12.7 Å². The van der Waals surface area contributed by atoms with Crippen LogP contribution in [0.5, 0.6) is 0 Å². The Balaban J connectivity index is 1.36. The van der Waals surface area contributed by atoms with E-state index in [1.807, 2.05) is 25.7 Å². The second-order valence-corrected chi connectivity index (χ2v) is 8.86. The summed E-state index contributed by atoms with van der Waals surface area (Å²) >= 11 is 0. The van der Waals surface area contributed by atoms with Crippen LogP contribution in [0.3, 0.4) is 0 Å². The van der Waals surface area contributed by atoms with Crippen molar-refractivity contribution in [1.82, 2.24) is 4.90 Å². The van der Waals surface area contributed by atoms with Crippen LogP contribution in [-0.2, 0) is 16.1 Å². The number of fused-ring (bicyclic) bond motifs is 3. The number of piperidine rings is 1. The van der Waals surface area contributed by atoms with Gasteiger partial charge >= 0.3 is 6.09 Å². The van der Waals surface area contributed by atoms with Crippen molar-refractivity contribution in [3.63, 3.8) is 0 Å². The maximum Gasteiger partial charge on any atom is 0.410 e. The third-order valence-electron chi connectivity index (χ3n) is 5.59. The molecule has 0 spiro atoms. The van der Waals surface area contributed by atoms with E-state index in [2.05, 4.69) is 42.5 Å². The molecular weight excluding hydrogens is 338 g/mol. The fourth-order valence-corrected chi connectivity index (χ4v) is 4.42. The minimum absolute atomic E-state index is 0.164. The predicted octanol–water partition coefficient (Wildman–Crippen LogP) is 5.29. The normalized spacial score (nSPS) is 25.0. The summed E-state index contributed by atoms with van der Waals surface area (Å²) in [4.78, 5) is 14.5. The molecule has 0 N–H and O–H groups in total. The second kappa shape index (κ2) is 7.16. The lowest BCUT2D eigenvalue weighted by molar-refractivity contribution is -0.0396. The van der Waals surface area contributed by atoms with Gasteiger partial charge in [-0.3, -0.25) is 0 Å². The first-order valence-corrected chi connectivity index (χ1v) is 10.00. The Labute approximate surface area is 161 Å². The highest BCUT2D eigenvalue weighted by Gasteiger charge is 2.45. The van der Waals surface area contributed by atoms with Gasteiger partial charge in [0.25, 0.3) is 0 Å². The summed E-state index contributed by atoms with van der Waals surface area (Å²) in [7, 11) is 0. The molecule has 2 saturated heterocycles. The molecule has 2 heterocycles. The van der Waals surface area contributed by atoms with E-state index < -0.39 is 5.60 Å². The van der Waals surface area contributed by atoms with Gasteiger partial charge in [0.2, 0.25) is 0 Å². The summed E-state index contributed by atoms with van der Waals surface area (Å²) < 4.78 is 11.9. The first-order chi connectivity index (χ1) is 12.9. The van der Waals surface area contributed by atoms with Crippen molar-refractivity contribution in [1.29, 1.82) is 0 Å². The molecular formula is C23H29NO3.